The zero-order valence-electron chi connectivity index (χ0n) is 11.4. The first-order valence-electron chi connectivity index (χ1n) is 5.95. The van der Waals surface area contributed by atoms with Crippen LogP contribution in [0.25, 0.3) is 0 Å². The van der Waals surface area contributed by atoms with E-state index in [1.54, 1.807) is 26.0 Å². The molecule has 0 aliphatic heterocycles. The van der Waals surface area contributed by atoms with Crippen LogP contribution in [-0.4, -0.2) is 25.0 Å². The first kappa shape index (κ1) is 14.3. The molecule has 0 atom stereocenters. The molecule has 0 radical (unpaired) electrons. The molecule has 0 saturated heterocycles. The number of ether oxygens (including phenoxy) is 1. The largest absolute Gasteiger partial charge is 0.461 e. The quantitative estimate of drug-likeness (QED) is 0.494. The Balaban J connectivity index is 2.84. The Morgan fingerprint density at radius 2 is 1.89 bits per heavy atom. The lowest BCUT2D eigenvalue weighted by atomic mass is 10.2. The summed E-state index contributed by atoms with van der Waals surface area (Å²) in [6, 6.07) is 9.46. The fourth-order valence-electron chi connectivity index (χ4n) is 1.46. The molecule has 0 heterocycles. The Hall–Kier alpha value is -1.81. The maximum Gasteiger partial charge on any atom is 0.264 e. The standard InChI is InChI=1S/C14H20N2O2/c1-5-13(11(2)14(17)15-16(3)4)18-12-9-7-6-8-10-12/h6-10H,5H2,1-4H3,(H,15,17). The first-order chi connectivity index (χ1) is 8.54. The molecule has 1 aromatic rings. The average molecular weight is 248 g/mol. The number of nitrogens with one attached hydrogen (secondary N) is 1. The molecule has 0 spiro atoms. The number of carbonyl (C=O) groups is 1. The Morgan fingerprint density at radius 1 is 1.28 bits per heavy atom. The summed E-state index contributed by atoms with van der Waals surface area (Å²) in [4.78, 5) is 11.9. The van der Waals surface area contributed by atoms with Crippen molar-refractivity contribution in [2.24, 2.45) is 0 Å². The van der Waals surface area contributed by atoms with Gasteiger partial charge in [0.15, 0.2) is 0 Å². The van der Waals surface area contributed by atoms with Crippen LogP contribution in [-0.2, 0) is 4.79 Å². The monoisotopic (exact) mass is 248 g/mol. The normalized spacial score (nSPS) is 12.1. The summed E-state index contributed by atoms with van der Waals surface area (Å²) in [5, 5.41) is 1.61. The molecule has 0 fully saturated rings. The molecule has 1 N–H and O–H groups in total. The number of amides is 1. The highest BCUT2D eigenvalue weighted by Gasteiger charge is 2.12. The van der Waals surface area contributed by atoms with Gasteiger partial charge in [0.25, 0.3) is 5.91 Å². The Kier molecular flexibility index (Phi) is 5.39. The highest BCUT2D eigenvalue weighted by Crippen LogP contribution is 2.17. The topological polar surface area (TPSA) is 41.6 Å². The maximum absolute atomic E-state index is 11.9. The minimum absolute atomic E-state index is 0.146. The smallest absolute Gasteiger partial charge is 0.264 e. The molecule has 0 saturated carbocycles. The summed E-state index contributed by atoms with van der Waals surface area (Å²) in [6.07, 6.45) is 0.668. The van der Waals surface area contributed by atoms with Crippen LogP contribution in [0.2, 0.25) is 0 Å². The number of allylic oxidation sites excluding steroid dienone is 1. The van der Waals surface area contributed by atoms with Crippen LogP contribution >= 0.6 is 0 Å². The number of hydrogen-bond acceptors (Lipinski definition) is 3. The van der Waals surface area contributed by atoms with Gasteiger partial charge in [0, 0.05) is 20.5 Å². The number of rotatable bonds is 5. The molecular weight excluding hydrogens is 228 g/mol. The van der Waals surface area contributed by atoms with Gasteiger partial charge in [-0.3, -0.25) is 10.2 Å². The molecular formula is C14H20N2O2. The third kappa shape index (κ3) is 4.22. The Labute approximate surface area is 108 Å². The average Bonchev–Trinajstić information content (AvgIpc) is 2.35. The van der Waals surface area contributed by atoms with Crippen molar-refractivity contribution in [3.63, 3.8) is 0 Å². The zero-order valence-corrected chi connectivity index (χ0v) is 11.4. The second-order valence-corrected chi connectivity index (χ2v) is 4.15. The van der Waals surface area contributed by atoms with E-state index < -0.39 is 0 Å². The fourth-order valence-corrected chi connectivity index (χ4v) is 1.46. The van der Waals surface area contributed by atoms with E-state index in [0.717, 1.165) is 5.75 Å². The van der Waals surface area contributed by atoms with Crippen molar-refractivity contribution in [1.82, 2.24) is 10.4 Å². The number of benzene rings is 1. The molecule has 1 rings (SSSR count). The highest BCUT2D eigenvalue weighted by atomic mass is 16.5. The molecule has 4 nitrogen and oxygen atoms in total. The van der Waals surface area contributed by atoms with E-state index in [1.165, 1.54) is 0 Å². The molecule has 98 valence electrons. The van der Waals surface area contributed by atoms with Gasteiger partial charge in [-0.25, -0.2) is 5.01 Å². The molecule has 0 bridgehead atoms. The SMILES string of the molecule is CCC(Oc1ccccc1)=C(C)C(=O)NN(C)C. The van der Waals surface area contributed by atoms with Crippen LogP contribution in [0.3, 0.4) is 0 Å². The number of nitrogens with zero attached hydrogens (tertiary/aromatic N) is 1. The lowest BCUT2D eigenvalue weighted by molar-refractivity contribution is -0.121. The third-order valence-corrected chi connectivity index (χ3v) is 2.39. The summed E-state index contributed by atoms with van der Waals surface area (Å²) in [5.74, 6) is 1.28. The second kappa shape index (κ2) is 6.81. The fraction of sp³-hybridized carbons (Fsp3) is 0.357. The molecule has 1 amide bonds. The van der Waals surface area contributed by atoms with E-state index in [0.29, 0.717) is 17.8 Å². The number of para-hydroxylation sites is 1. The van der Waals surface area contributed by atoms with Gasteiger partial charge in [-0.2, -0.15) is 0 Å². The first-order valence-corrected chi connectivity index (χ1v) is 5.95. The minimum Gasteiger partial charge on any atom is -0.461 e. The van der Waals surface area contributed by atoms with Crippen LogP contribution in [0.15, 0.2) is 41.7 Å². The van der Waals surface area contributed by atoms with Crippen LogP contribution in [0.1, 0.15) is 20.3 Å². The van der Waals surface area contributed by atoms with Gasteiger partial charge in [0.05, 0.1) is 5.57 Å². The maximum atomic E-state index is 11.9. The van der Waals surface area contributed by atoms with Crippen molar-refractivity contribution < 1.29 is 9.53 Å². The molecule has 0 aromatic heterocycles. The second-order valence-electron chi connectivity index (χ2n) is 4.15. The summed E-state index contributed by atoms with van der Waals surface area (Å²) in [7, 11) is 3.55. The van der Waals surface area contributed by atoms with Gasteiger partial charge >= 0.3 is 0 Å². The van der Waals surface area contributed by atoms with Crippen molar-refractivity contribution in [1.29, 1.82) is 0 Å². The van der Waals surface area contributed by atoms with Crippen LogP contribution in [0, 0.1) is 0 Å². The highest BCUT2D eigenvalue weighted by molar-refractivity contribution is 5.92. The van der Waals surface area contributed by atoms with Gasteiger partial charge in [-0.15, -0.1) is 0 Å². The van der Waals surface area contributed by atoms with E-state index in [4.69, 9.17) is 4.74 Å². The van der Waals surface area contributed by atoms with Crippen molar-refractivity contribution in [3.05, 3.63) is 41.7 Å². The summed E-state index contributed by atoms with van der Waals surface area (Å²) >= 11 is 0. The molecule has 0 unspecified atom stereocenters. The molecule has 4 heteroatoms. The van der Waals surface area contributed by atoms with Gasteiger partial charge in [-0.05, 0) is 19.1 Å². The van der Waals surface area contributed by atoms with Crippen LogP contribution in [0.4, 0.5) is 0 Å². The van der Waals surface area contributed by atoms with Gasteiger partial charge in [0.2, 0.25) is 0 Å². The summed E-state index contributed by atoms with van der Waals surface area (Å²) < 4.78 is 5.73. The number of hydrogen-bond donors (Lipinski definition) is 1. The van der Waals surface area contributed by atoms with Crippen LogP contribution in [0.5, 0.6) is 5.75 Å². The van der Waals surface area contributed by atoms with Gasteiger partial charge < -0.3 is 4.74 Å². The molecule has 18 heavy (non-hydrogen) atoms. The van der Waals surface area contributed by atoms with E-state index >= 15 is 0 Å². The molecule has 0 aliphatic rings. The van der Waals surface area contributed by atoms with Crippen molar-refractivity contribution in [2.45, 2.75) is 20.3 Å². The summed E-state index contributed by atoms with van der Waals surface area (Å²) in [5.41, 5.74) is 3.29. The lowest BCUT2D eigenvalue weighted by Crippen LogP contribution is -2.37. The Bertz CT molecular complexity index is 425. The Morgan fingerprint density at radius 3 is 2.39 bits per heavy atom. The van der Waals surface area contributed by atoms with Crippen LogP contribution < -0.4 is 10.2 Å². The van der Waals surface area contributed by atoms with Crippen molar-refractivity contribution >= 4 is 5.91 Å². The lowest BCUT2D eigenvalue weighted by Gasteiger charge is -2.15. The van der Waals surface area contributed by atoms with Gasteiger partial charge in [0.1, 0.15) is 11.5 Å². The molecule has 1 aromatic carbocycles. The predicted octanol–water partition coefficient (Wildman–Crippen LogP) is 2.34. The summed E-state index contributed by atoms with van der Waals surface area (Å²) in [6.45, 7) is 3.73. The minimum atomic E-state index is -0.146. The third-order valence-electron chi connectivity index (χ3n) is 2.39. The van der Waals surface area contributed by atoms with E-state index in [-0.39, 0.29) is 5.91 Å². The van der Waals surface area contributed by atoms with E-state index in [2.05, 4.69) is 5.43 Å². The number of carbonyl (C=O) groups excluding carboxylic acids is 1. The predicted molar refractivity (Wildman–Crippen MR) is 71.9 cm³/mol. The zero-order chi connectivity index (χ0) is 13.5. The number of hydrazine groups is 1. The van der Waals surface area contributed by atoms with E-state index in [9.17, 15) is 4.79 Å². The van der Waals surface area contributed by atoms with Crippen molar-refractivity contribution in [2.75, 3.05) is 14.1 Å². The van der Waals surface area contributed by atoms with Gasteiger partial charge in [-0.1, -0.05) is 25.1 Å². The van der Waals surface area contributed by atoms with E-state index in [1.807, 2.05) is 37.3 Å². The molecule has 0 aliphatic carbocycles. The van der Waals surface area contributed by atoms with Crippen molar-refractivity contribution in [3.8, 4) is 5.75 Å².